The summed E-state index contributed by atoms with van der Waals surface area (Å²) in [4.78, 5) is 24.1. The third kappa shape index (κ3) is 5.46. The zero-order valence-electron chi connectivity index (χ0n) is 11.6. The van der Waals surface area contributed by atoms with Crippen LogP contribution in [0.2, 0.25) is 0 Å². The monoisotopic (exact) mass is 272 g/mol. The summed E-state index contributed by atoms with van der Waals surface area (Å²) in [6.45, 7) is 4.59. The van der Waals surface area contributed by atoms with Crippen LogP contribution in [0.15, 0.2) is 0 Å². The number of amides is 2. The van der Waals surface area contributed by atoms with E-state index in [4.69, 9.17) is 5.11 Å². The minimum absolute atomic E-state index is 0.0197. The normalized spacial score (nSPS) is 22.1. The van der Waals surface area contributed by atoms with Crippen molar-refractivity contribution >= 4 is 12.0 Å². The molecule has 0 aromatic heterocycles. The van der Waals surface area contributed by atoms with Gasteiger partial charge in [-0.1, -0.05) is 13.3 Å². The van der Waals surface area contributed by atoms with Crippen LogP contribution in [0.4, 0.5) is 4.79 Å². The molecule has 0 radical (unpaired) electrons. The highest BCUT2D eigenvalue weighted by Gasteiger charge is 2.25. The fourth-order valence-electron chi connectivity index (χ4n) is 2.15. The van der Waals surface area contributed by atoms with Crippen molar-refractivity contribution in [2.75, 3.05) is 13.1 Å². The Hall–Kier alpha value is -1.30. The number of carboxylic acids is 1. The molecular formula is C13H24N2O4. The Balaban J connectivity index is 2.18. The van der Waals surface area contributed by atoms with Gasteiger partial charge in [0, 0.05) is 19.1 Å². The molecule has 3 atom stereocenters. The Bertz CT molecular complexity index is 322. The quantitative estimate of drug-likeness (QED) is 0.674. The summed E-state index contributed by atoms with van der Waals surface area (Å²) in [6, 6.07) is -0.124. The lowest BCUT2D eigenvalue weighted by Gasteiger charge is -2.20. The van der Waals surface area contributed by atoms with Gasteiger partial charge < -0.3 is 20.4 Å². The molecule has 1 heterocycles. The molecule has 3 N–H and O–H groups in total. The fraction of sp³-hybridized carbons (Fsp3) is 0.846. The first-order chi connectivity index (χ1) is 8.90. The van der Waals surface area contributed by atoms with Crippen molar-refractivity contribution in [3.63, 3.8) is 0 Å². The van der Waals surface area contributed by atoms with Gasteiger partial charge in [-0.2, -0.15) is 0 Å². The molecule has 1 fully saturated rings. The molecule has 1 aliphatic heterocycles. The number of aliphatic hydroxyl groups is 1. The van der Waals surface area contributed by atoms with Crippen molar-refractivity contribution in [3.05, 3.63) is 0 Å². The zero-order chi connectivity index (χ0) is 14.4. The maximum atomic E-state index is 11.8. The molecule has 0 aromatic carbocycles. The number of nitrogens with zero attached hydrogens (tertiary/aromatic N) is 1. The predicted molar refractivity (Wildman–Crippen MR) is 70.8 cm³/mol. The Kier molecular flexibility index (Phi) is 6.08. The molecule has 0 bridgehead atoms. The SMILES string of the molecule is CC(CCCC(C)C(=O)O)NC(=O)N1CCC(O)C1. The molecule has 2 amide bonds. The van der Waals surface area contributed by atoms with Crippen molar-refractivity contribution in [1.82, 2.24) is 10.2 Å². The van der Waals surface area contributed by atoms with Crippen LogP contribution in [0.5, 0.6) is 0 Å². The molecule has 0 aromatic rings. The summed E-state index contributed by atoms with van der Waals surface area (Å²) >= 11 is 0. The van der Waals surface area contributed by atoms with Crippen LogP contribution in [0.25, 0.3) is 0 Å². The Morgan fingerprint density at radius 3 is 2.58 bits per heavy atom. The van der Waals surface area contributed by atoms with E-state index in [-0.39, 0.29) is 18.0 Å². The summed E-state index contributed by atoms with van der Waals surface area (Å²) in [5.74, 6) is -1.11. The maximum absolute atomic E-state index is 11.8. The molecule has 3 unspecified atom stereocenters. The minimum Gasteiger partial charge on any atom is -0.481 e. The lowest BCUT2D eigenvalue weighted by atomic mass is 10.0. The number of urea groups is 1. The summed E-state index contributed by atoms with van der Waals surface area (Å²) in [6.07, 6.45) is 2.39. The van der Waals surface area contributed by atoms with Crippen LogP contribution in [-0.4, -0.2) is 52.3 Å². The number of carbonyl (C=O) groups is 2. The standard InChI is InChI=1S/C13H24N2O4/c1-9(12(17)18)4-3-5-10(2)14-13(19)15-7-6-11(16)8-15/h9-11,16H,3-8H2,1-2H3,(H,14,19)(H,17,18). The lowest BCUT2D eigenvalue weighted by Crippen LogP contribution is -2.43. The van der Waals surface area contributed by atoms with Crippen molar-refractivity contribution in [3.8, 4) is 0 Å². The number of likely N-dealkylation sites (tertiary alicyclic amines) is 1. The maximum Gasteiger partial charge on any atom is 0.317 e. The van der Waals surface area contributed by atoms with Crippen LogP contribution < -0.4 is 5.32 Å². The second-order valence-corrected chi connectivity index (χ2v) is 5.41. The second-order valence-electron chi connectivity index (χ2n) is 5.41. The van der Waals surface area contributed by atoms with Crippen molar-refractivity contribution < 1.29 is 19.8 Å². The summed E-state index contributed by atoms with van der Waals surface area (Å²) in [7, 11) is 0. The summed E-state index contributed by atoms with van der Waals surface area (Å²) in [5, 5.41) is 21.0. The highest BCUT2D eigenvalue weighted by Crippen LogP contribution is 2.11. The van der Waals surface area contributed by atoms with E-state index in [1.807, 2.05) is 6.92 Å². The third-order valence-corrected chi connectivity index (χ3v) is 3.52. The number of aliphatic carboxylic acids is 1. The minimum atomic E-state index is -0.775. The molecule has 19 heavy (non-hydrogen) atoms. The summed E-state index contributed by atoms with van der Waals surface area (Å²) < 4.78 is 0. The van der Waals surface area contributed by atoms with E-state index < -0.39 is 12.1 Å². The number of hydrogen-bond donors (Lipinski definition) is 3. The predicted octanol–water partition coefficient (Wildman–Crippen LogP) is 1.04. The number of aliphatic hydroxyl groups excluding tert-OH is 1. The van der Waals surface area contributed by atoms with Crippen LogP contribution in [0.1, 0.15) is 39.5 Å². The zero-order valence-corrected chi connectivity index (χ0v) is 11.6. The van der Waals surface area contributed by atoms with E-state index in [1.165, 1.54) is 0 Å². The third-order valence-electron chi connectivity index (χ3n) is 3.52. The van der Waals surface area contributed by atoms with Crippen LogP contribution in [-0.2, 0) is 4.79 Å². The number of rotatable bonds is 6. The van der Waals surface area contributed by atoms with Gasteiger partial charge in [-0.05, 0) is 26.2 Å². The summed E-state index contributed by atoms with van der Waals surface area (Å²) in [5.41, 5.74) is 0. The fourth-order valence-corrected chi connectivity index (χ4v) is 2.15. The molecular weight excluding hydrogens is 248 g/mol. The van der Waals surface area contributed by atoms with Gasteiger partial charge in [0.25, 0.3) is 0 Å². The topological polar surface area (TPSA) is 89.9 Å². The van der Waals surface area contributed by atoms with Crippen molar-refractivity contribution in [2.45, 2.75) is 51.7 Å². The van der Waals surface area contributed by atoms with Gasteiger partial charge in [0.15, 0.2) is 0 Å². The van der Waals surface area contributed by atoms with Gasteiger partial charge in [0.05, 0.1) is 12.0 Å². The van der Waals surface area contributed by atoms with Crippen molar-refractivity contribution in [1.29, 1.82) is 0 Å². The number of β-amino-alcohol motifs (C(OH)–C–C–N with tert-alkyl or cyclic N) is 1. The Morgan fingerprint density at radius 2 is 2.05 bits per heavy atom. The molecule has 1 rings (SSSR count). The molecule has 0 saturated carbocycles. The number of carbonyl (C=O) groups excluding carboxylic acids is 1. The van der Waals surface area contributed by atoms with Gasteiger partial charge in [-0.25, -0.2) is 4.79 Å². The smallest absolute Gasteiger partial charge is 0.317 e. The largest absolute Gasteiger partial charge is 0.481 e. The van der Waals surface area contributed by atoms with Gasteiger partial charge in [-0.15, -0.1) is 0 Å². The Morgan fingerprint density at radius 1 is 1.37 bits per heavy atom. The average Bonchev–Trinajstić information content (AvgIpc) is 2.75. The molecule has 0 spiro atoms. The first-order valence-electron chi connectivity index (χ1n) is 6.86. The second kappa shape index (κ2) is 7.33. The highest BCUT2D eigenvalue weighted by molar-refractivity contribution is 5.74. The first-order valence-corrected chi connectivity index (χ1v) is 6.86. The average molecular weight is 272 g/mol. The molecule has 1 aliphatic rings. The Labute approximate surface area is 113 Å². The molecule has 110 valence electrons. The van der Waals surface area contributed by atoms with E-state index in [2.05, 4.69) is 5.32 Å². The van der Waals surface area contributed by atoms with Crippen LogP contribution >= 0.6 is 0 Å². The number of carboxylic acid groups (broad SMARTS) is 1. The van der Waals surface area contributed by atoms with Crippen molar-refractivity contribution in [2.24, 2.45) is 5.92 Å². The number of nitrogens with one attached hydrogen (secondary N) is 1. The van der Waals surface area contributed by atoms with Gasteiger partial charge in [-0.3, -0.25) is 4.79 Å². The van der Waals surface area contributed by atoms with E-state index in [0.29, 0.717) is 25.9 Å². The molecule has 6 nitrogen and oxygen atoms in total. The molecule has 6 heteroatoms. The lowest BCUT2D eigenvalue weighted by molar-refractivity contribution is -0.141. The van der Waals surface area contributed by atoms with Gasteiger partial charge in [0.1, 0.15) is 0 Å². The molecule has 1 saturated heterocycles. The van der Waals surface area contributed by atoms with E-state index in [0.717, 1.165) is 12.8 Å². The highest BCUT2D eigenvalue weighted by atomic mass is 16.4. The van der Waals surface area contributed by atoms with E-state index >= 15 is 0 Å². The first kappa shape index (κ1) is 15.8. The van der Waals surface area contributed by atoms with Crippen LogP contribution in [0, 0.1) is 5.92 Å². The van der Waals surface area contributed by atoms with E-state index in [9.17, 15) is 14.7 Å². The molecule has 0 aliphatic carbocycles. The number of hydrogen-bond acceptors (Lipinski definition) is 3. The van der Waals surface area contributed by atoms with E-state index in [1.54, 1.807) is 11.8 Å². The van der Waals surface area contributed by atoms with Crippen LogP contribution in [0.3, 0.4) is 0 Å². The van der Waals surface area contributed by atoms with Gasteiger partial charge in [0.2, 0.25) is 0 Å². The van der Waals surface area contributed by atoms with Gasteiger partial charge >= 0.3 is 12.0 Å².